The SMILES string of the molecule is CC1C(=O)NCCN1C(=O)CCCOc1ccc(F)cc1. The van der Waals surface area contributed by atoms with E-state index in [0.717, 1.165) is 0 Å². The second kappa shape index (κ2) is 7.06. The highest BCUT2D eigenvalue weighted by Crippen LogP contribution is 2.12. The van der Waals surface area contributed by atoms with Crippen LogP contribution in [-0.4, -0.2) is 42.5 Å². The van der Waals surface area contributed by atoms with Gasteiger partial charge in [0.1, 0.15) is 17.6 Å². The fourth-order valence-corrected chi connectivity index (χ4v) is 2.21. The molecule has 0 spiro atoms. The lowest BCUT2D eigenvalue weighted by atomic mass is 10.1. The van der Waals surface area contributed by atoms with Crippen molar-refractivity contribution in [1.29, 1.82) is 0 Å². The zero-order chi connectivity index (χ0) is 15.2. The molecule has 1 N–H and O–H groups in total. The first kappa shape index (κ1) is 15.3. The molecule has 6 heteroatoms. The highest BCUT2D eigenvalue weighted by Gasteiger charge is 2.28. The summed E-state index contributed by atoms with van der Waals surface area (Å²) in [5.74, 6) is 0.113. The fraction of sp³-hybridized carbons (Fsp3) is 0.467. The van der Waals surface area contributed by atoms with Crippen LogP contribution >= 0.6 is 0 Å². The van der Waals surface area contributed by atoms with Crippen LogP contribution in [0, 0.1) is 5.82 Å². The Morgan fingerprint density at radius 1 is 1.43 bits per heavy atom. The van der Waals surface area contributed by atoms with Gasteiger partial charge < -0.3 is 15.0 Å². The summed E-state index contributed by atoms with van der Waals surface area (Å²) in [5, 5.41) is 2.72. The average Bonchev–Trinajstić information content (AvgIpc) is 2.48. The molecule has 1 fully saturated rings. The van der Waals surface area contributed by atoms with E-state index in [2.05, 4.69) is 5.32 Å². The normalized spacial score (nSPS) is 18.3. The lowest BCUT2D eigenvalue weighted by Gasteiger charge is -2.32. The van der Waals surface area contributed by atoms with Crippen molar-refractivity contribution in [3.05, 3.63) is 30.1 Å². The molecule has 114 valence electrons. The molecule has 2 amide bonds. The van der Waals surface area contributed by atoms with E-state index in [1.165, 1.54) is 12.1 Å². The van der Waals surface area contributed by atoms with Crippen LogP contribution in [0.5, 0.6) is 5.75 Å². The van der Waals surface area contributed by atoms with Gasteiger partial charge in [-0.1, -0.05) is 0 Å². The number of nitrogens with zero attached hydrogens (tertiary/aromatic N) is 1. The summed E-state index contributed by atoms with van der Waals surface area (Å²) < 4.78 is 18.1. The number of piperazine rings is 1. The Bertz CT molecular complexity index is 504. The van der Waals surface area contributed by atoms with Crippen LogP contribution in [0.15, 0.2) is 24.3 Å². The summed E-state index contributed by atoms with van der Waals surface area (Å²) in [4.78, 5) is 25.1. The summed E-state index contributed by atoms with van der Waals surface area (Å²) in [6.07, 6.45) is 0.889. The molecular formula is C15H19FN2O3. The largest absolute Gasteiger partial charge is 0.494 e. The number of rotatable bonds is 5. The summed E-state index contributed by atoms with van der Waals surface area (Å²) in [6, 6.07) is 5.34. The molecule has 5 nitrogen and oxygen atoms in total. The standard InChI is InChI=1S/C15H19FN2O3/c1-11-15(20)17-8-9-18(11)14(19)3-2-10-21-13-6-4-12(16)5-7-13/h4-7,11H,2-3,8-10H2,1H3,(H,17,20). The Labute approximate surface area is 123 Å². The number of hydrogen-bond acceptors (Lipinski definition) is 3. The number of ether oxygens (including phenoxy) is 1. The molecule has 1 aromatic carbocycles. The van der Waals surface area contributed by atoms with Crippen molar-refractivity contribution < 1.29 is 18.7 Å². The highest BCUT2D eigenvalue weighted by molar-refractivity contribution is 5.88. The minimum Gasteiger partial charge on any atom is -0.494 e. The predicted octanol–water partition coefficient (Wildman–Crippen LogP) is 1.33. The molecule has 1 unspecified atom stereocenters. The first-order chi connectivity index (χ1) is 10.1. The second-order valence-corrected chi connectivity index (χ2v) is 4.96. The zero-order valence-electron chi connectivity index (χ0n) is 12.0. The third kappa shape index (κ3) is 4.18. The van der Waals surface area contributed by atoms with E-state index in [1.807, 2.05) is 0 Å². The number of halogens is 1. The minimum absolute atomic E-state index is 0.0416. The number of nitrogens with one attached hydrogen (secondary N) is 1. The lowest BCUT2D eigenvalue weighted by Crippen LogP contribution is -2.55. The van der Waals surface area contributed by atoms with Gasteiger partial charge in [-0.25, -0.2) is 4.39 Å². The Hall–Kier alpha value is -2.11. The van der Waals surface area contributed by atoms with Crippen LogP contribution in [0.3, 0.4) is 0 Å². The van der Waals surface area contributed by atoms with Gasteiger partial charge in [0.2, 0.25) is 11.8 Å². The van der Waals surface area contributed by atoms with Gasteiger partial charge in [0.15, 0.2) is 0 Å². The maximum atomic E-state index is 12.7. The number of benzene rings is 1. The van der Waals surface area contributed by atoms with Crippen molar-refractivity contribution in [1.82, 2.24) is 10.2 Å². The molecule has 1 aliphatic rings. The zero-order valence-corrected chi connectivity index (χ0v) is 12.0. The van der Waals surface area contributed by atoms with Gasteiger partial charge in [-0.3, -0.25) is 9.59 Å². The second-order valence-electron chi connectivity index (χ2n) is 4.96. The van der Waals surface area contributed by atoms with Crippen molar-refractivity contribution in [2.75, 3.05) is 19.7 Å². The summed E-state index contributed by atoms with van der Waals surface area (Å²) in [7, 11) is 0. The molecule has 0 bridgehead atoms. The van der Waals surface area contributed by atoms with Crippen LogP contribution in [0.4, 0.5) is 4.39 Å². The molecule has 0 saturated carbocycles. The minimum atomic E-state index is -0.413. The predicted molar refractivity (Wildman–Crippen MR) is 75.3 cm³/mol. The van der Waals surface area contributed by atoms with Crippen LogP contribution in [0.2, 0.25) is 0 Å². The van der Waals surface area contributed by atoms with E-state index in [9.17, 15) is 14.0 Å². The van der Waals surface area contributed by atoms with Crippen LogP contribution in [-0.2, 0) is 9.59 Å². The topological polar surface area (TPSA) is 58.6 Å². The van der Waals surface area contributed by atoms with Gasteiger partial charge in [0.05, 0.1) is 6.61 Å². The maximum Gasteiger partial charge on any atom is 0.242 e. The lowest BCUT2D eigenvalue weighted by molar-refractivity contribution is -0.142. The van der Waals surface area contributed by atoms with Gasteiger partial charge >= 0.3 is 0 Å². The molecule has 21 heavy (non-hydrogen) atoms. The number of amides is 2. The Balaban J connectivity index is 1.71. The Morgan fingerprint density at radius 2 is 2.14 bits per heavy atom. The van der Waals surface area contributed by atoms with E-state index in [1.54, 1.807) is 24.0 Å². The van der Waals surface area contributed by atoms with E-state index in [0.29, 0.717) is 38.3 Å². The van der Waals surface area contributed by atoms with Crippen molar-refractivity contribution in [2.24, 2.45) is 0 Å². The molecular weight excluding hydrogens is 275 g/mol. The summed E-state index contributed by atoms with van der Waals surface area (Å²) in [5.41, 5.74) is 0. The molecule has 1 aliphatic heterocycles. The highest BCUT2D eigenvalue weighted by atomic mass is 19.1. The number of carbonyl (C=O) groups excluding carboxylic acids is 2. The third-order valence-electron chi connectivity index (χ3n) is 3.44. The van der Waals surface area contributed by atoms with Crippen LogP contribution < -0.4 is 10.1 Å². The fourth-order valence-electron chi connectivity index (χ4n) is 2.21. The van der Waals surface area contributed by atoms with Crippen molar-refractivity contribution in [3.8, 4) is 5.75 Å². The maximum absolute atomic E-state index is 12.7. The quantitative estimate of drug-likeness (QED) is 0.834. The first-order valence-electron chi connectivity index (χ1n) is 7.03. The summed E-state index contributed by atoms with van der Waals surface area (Å²) >= 11 is 0. The molecule has 1 atom stereocenters. The van der Waals surface area contributed by atoms with Gasteiger partial charge in [-0.15, -0.1) is 0 Å². The molecule has 0 aromatic heterocycles. The van der Waals surface area contributed by atoms with Crippen LogP contribution in [0.1, 0.15) is 19.8 Å². The van der Waals surface area contributed by atoms with E-state index >= 15 is 0 Å². The summed E-state index contributed by atoms with van der Waals surface area (Å²) in [6.45, 7) is 3.15. The molecule has 1 saturated heterocycles. The number of carbonyl (C=O) groups is 2. The van der Waals surface area contributed by atoms with E-state index in [-0.39, 0.29) is 17.6 Å². The molecule has 1 heterocycles. The molecule has 0 aliphatic carbocycles. The first-order valence-corrected chi connectivity index (χ1v) is 7.03. The van der Waals surface area contributed by atoms with Crippen LogP contribution in [0.25, 0.3) is 0 Å². The third-order valence-corrected chi connectivity index (χ3v) is 3.44. The average molecular weight is 294 g/mol. The van der Waals surface area contributed by atoms with E-state index in [4.69, 9.17) is 4.74 Å². The van der Waals surface area contributed by atoms with Gasteiger partial charge in [0.25, 0.3) is 0 Å². The Morgan fingerprint density at radius 3 is 2.86 bits per heavy atom. The number of hydrogen-bond donors (Lipinski definition) is 1. The van der Waals surface area contributed by atoms with Gasteiger partial charge in [0, 0.05) is 19.5 Å². The smallest absolute Gasteiger partial charge is 0.242 e. The van der Waals surface area contributed by atoms with Gasteiger partial charge in [-0.05, 0) is 37.6 Å². The Kier molecular flexibility index (Phi) is 5.14. The van der Waals surface area contributed by atoms with E-state index < -0.39 is 6.04 Å². The molecule has 2 rings (SSSR count). The van der Waals surface area contributed by atoms with Gasteiger partial charge in [-0.2, -0.15) is 0 Å². The van der Waals surface area contributed by atoms with Crippen molar-refractivity contribution in [3.63, 3.8) is 0 Å². The molecule has 1 aromatic rings. The van der Waals surface area contributed by atoms with Crippen molar-refractivity contribution >= 4 is 11.8 Å². The molecule has 0 radical (unpaired) electrons. The van der Waals surface area contributed by atoms with Crippen molar-refractivity contribution in [2.45, 2.75) is 25.8 Å². The monoisotopic (exact) mass is 294 g/mol.